The first-order valence-electron chi connectivity index (χ1n) is 9.51. The van der Waals surface area contributed by atoms with Gasteiger partial charge in [0.2, 0.25) is 0 Å². The quantitative estimate of drug-likeness (QED) is 0.720. The lowest BCUT2D eigenvalue weighted by Crippen LogP contribution is -2.26. The smallest absolute Gasteiger partial charge is 0.412 e. The maximum absolute atomic E-state index is 12.4. The molecule has 1 unspecified atom stereocenters. The Morgan fingerprint density at radius 3 is 2.59 bits per heavy atom. The number of hydrogen-bond donors (Lipinski definition) is 1. The lowest BCUT2D eigenvalue weighted by molar-refractivity contribution is -0.140. The van der Waals surface area contributed by atoms with Crippen LogP contribution in [0.4, 0.5) is 10.5 Å². The standard InChI is InChI=1S/C22H26N2O5/c1-24-14-16(9-12-20(25)28-3)21-18(24)5-4-6-19(21)29-22(26)23-13-15-7-10-17(27-2)11-8-15/h4-8,10-11,16H,9,12-14H2,1-3H3,(H,23,26). The first-order valence-corrected chi connectivity index (χ1v) is 9.51. The molecule has 1 heterocycles. The van der Waals surface area contributed by atoms with Crippen LogP contribution < -0.4 is 19.7 Å². The maximum Gasteiger partial charge on any atom is 0.412 e. The Balaban J connectivity index is 1.66. The molecule has 0 bridgehead atoms. The molecule has 1 N–H and O–H groups in total. The molecule has 7 heteroatoms. The van der Waals surface area contributed by atoms with E-state index in [1.54, 1.807) is 13.2 Å². The number of rotatable bonds is 7. The molecule has 0 aromatic heterocycles. The van der Waals surface area contributed by atoms with Gasteiger partial charge >= 0.3 is 12.1 Å². The van der Waals surface area contributed by atoms with Gasteiger partial charge < -0.3 is 24.4 Å². The molecule has 0 saturated carbocycles. The third kappa shape index (κ3) is 4.99. The van der Waals surface area contributed by atoms with E-state index in [4.69, 9.17) is 14.2 Å². The van der Waals surface area contributed by atoms with Crippen LogP contribution in [0.3, 0.4) is 0 Å². The van der Waals surface area contributed by atoms with E-state index in [2.05, 4.69) is 10.2 Å². The van der Waals surface area contributed by atoms with Crippen LogP contribution in [0.15, 0.2) is 42.5 Å². The SMILES string of the molecule is COC(=O)CCC1CN(C)c2cccc(OC(=O)NCc3ccc(OC)cc3)c21. The van der Waals surface area contributed by atoms with Gasteiger partial charge in [-0.15, -0.1) is 0 Å². The zero-order valence-corrected chi connectivity index (χ0v) is 16.9. The van der Waals surface area contributed by atoms with Gasteiger partial charge in [0.1, 0.15) is 11.5 Å². The molecule has 0 aliphatic carbocycles. The highest BCUT2D eigenvalue weighted by Crippen LogP contribution is 2.43. The molecule has 1 atom stereocenters. The summed E-state index contributed by atoms with van der Waals surface area (Å²) >= 11 is 0. The first kappa shape index (κ1) is 20.5. The molecule has 1 aliphatic rings. The zero-order chi connectivity index (χ0) is 20.8. The van der Waals surface area contributed by atoms with E-state index in [1.807, 2.05) is 43.4 Å². The summed E-state index contributed by atoms with van der Waals surface area (Å²) in [5, 5.41) is 2.77. The molecule has 0 spiro atoms. The van der Waals surface area contributed by atoms with E-state index in [0.717, 1.165) is 29.1 Å². The van der Waals surface area contributed by atoms with E-state index in [-0.39, 0.29) is 11.9 Å². The lowest BCUT2D eigenvalue weighted by Gasteiger charge is -2.14. The van der Waals surface area contributed by atoms with Crippen molar-refractivity contribution in [1.82, 2.24) is 5.32 Å². The van der Waals surface area contributed by atoms with Gasteiger partial charge in [-0.25, -0.2) is 4.79 Å². The number of carbonyl (C=O) groups excluding carboxylic acids is 2. The van der Waals surface area contributed by atoms with Gasteiger partial charge in [0.25, 0.3) is 0 Å². The molecule has 0 radical (unpaired) electrons. The van der Waals surface area contributed by atoms with Crippen LogP contribution in [0.2, 0.25) is 0 Å². The number of esters is 1. The van der Waals surface area contributed by atoms with Crippen LogP contribution in [0.1, 0.15) is 29.9 Å². The van der Waals surface area contributed by atoms with Crippen LogP contribution in [-0.4, -0.2) is 39.9 Å². The number of hydrogen-bond acceptors (Lipinski definition) is 6. The number of fused-ring (bicyclic) bond motifs is 1. The van der Waals surface area contributed by atoms with Crippen LogP contribution in [0.5, 0.6) is 11.5 Å². The number of nitrogens with zero attached hydrogens (tertiary/aromatic N) is 1. The maximum atomic E-state index is 12.4. The monoisotopic (exact) mass is 398 g/mol. The summed E-state index contributed by atoms with van der Waals surface area (Å²) in [4.78, 5) is 26.0. The second-order valence-corrected chi connectivity index (χ2v) is 6.97. The molecule has 0 saturated heterocycles. The summed E-state index contributed by atoms with van der Waals surface area (Å²) in [6, 6.07) is 13.1. The van der Waals surface area contributed by atoms with Crippen molar-refractivity contribution in [3.8, 4) is 11.5 Å². The van der Waals surface area contributed by atoms with Gasteiger partial charge in [0, 0.05) is 43.7 Å². The summed E-state index contributed by atoms with van der Waals surface area (Å²) in [5.74, 6) is 1.14. The summed E-state index contributed by atoms with van der Waals surface area (Å²) in [5.41, 5.74) is 2.91. The zero-order valence-electron chi connectivity index (χ0n) is 16.9. The van der Waals surface area contributed by atoms with E-state index in [9.17, 15) is 9.59 Å². The van der Waals surface area contributed by atoms with Gasteiger partial charge in [-0.3, -0.25) is 4.79 Å². The van der Waals surface area contributed by atoms with Crippen molar-refractivity contribution in [2.24, 2.45) is 0 Å². The third-order valence-electron chi connectivity index (χ3n) is 5.08. The van der Waals surface area contributed by atoms with Crippen molar-refractivity contribution >= 4 is 17.7 Å². The van der Waals surface area contributed by atoms with Gasteiger partial charge in [-0.05, 0) is 36.2 Å². The largest absolute Gasteiger partial charge is 0.497 e. The Morgan fingerprint density at radius 2 is 1.90 bits per heavy atom. The van der Waals surface area contributed by atoms with Crippen LogP contribution in [0.25, 0.3) is 0 Å². The molecule has 0 fully saturated rings. The Kier molecular flexibility index (Phi) is 6.59. The van der Waals surface area contributed by atoms with Crippen molar-refractivity contribution in [3.05, 3.63) is 53.6 Å². The summed E-state index contributed by atoms with van der Waals surface area (Å²) in [6.07, 6.45) is 0.445. The van der Waals surface area contributed by atoms with Crippen LogP contribution >= 0.6 is 0 Å². The Hall–Kier alpha value is -3.22. The number of ether oxygens (including phenoxy) is 3. The number of amides is 1. The van der Waals surface area contributed by atoms with Gasteiger partial charge in [-0.1, -0.05) is 18.2 Å². The predicted octanol–water partition coefficient (Wildman–Crippen LogP) is 3.47. The third-order valence-corrected chi connectivity index (χ3v) is 5.08. The molecule has 154 valence electrons. The van der Waals surface area contributed by atoms with Crippen molar-refractivity contribution in [2.75, 3.05) is 32.7 Å². The number of anilines is 1. The molecular formula is C22H26N2O5. The fraction of sp³-hybridized carbons (Fsp3) is 0.364. The number of carbonyl (C=O) groups is 2. The fourth-order valence-corrected chi connectivity index (χ4v) is 3.57. The molecule has 1 aliphatic heterocycles. The normalized spacial score (nSPS) is 14.9. The minimum Gasteiger partial charge on any atom is -0.497 e. The summed E-state index contributed by atoms with van der Waals surface area (Å²) in [6.45, 7) is 1.11. The van der Waals surface area contributed by atoms with Crippen molar-refractivity contribution in [1.29, 1.82) is 0 Å². The molecule has 7 nitrogen and oxygen atoms in total. The molecule has 1 amide bonds. The van der Waals surface area contributed by atoms with E-state index >= 15 is 0 Å². The average Bonchev–Trinajstić information content (AvgIpc) is 3.07. The second kappa shape index (κ2) is 9.32. The van der Waals surface area contributed by atoms with Gasteiger partial charge in [0.05, 0.1) is 14.2 Å². The molecule has 2 aromatic rings. The van der Waals surface area contributed by atoms with Crippen molar-refractivity contribution in [2.45, 2.75) is 25.3 Å². The molecular weight excluding hydrogens is 372 g/mol. The highest BCUT2D eigenvalue weighted by molar-refractivity contribution is 5.74. The number of benzene rings is 2. The Morgan fingerprint density at radius 1 is 1.14 bits per heavy atom. The summed E-state index contributed by atoms with van der Waals surface area (Å²) in [7, 11) is 4.99. The molecule has 29 heavy (non-hydrogen) atoms. The average molecular weight is 398 g/mol. The topological polar surface area (TPSA) is 77.1 Å². The first-order chi connectivity index (χ1) is 14.0. The number of methoxy groups -OCH3 is 2. The molecule has 2 aromatic carbocycles. The van der Waals surface area contributed by atoms with Crippen LogP contribution in [0, 0.1) is 0 Å². The van der Waals surface area contributed by atoms with Crippen molar-refractivity contribution in [3.63, 3.8) is 0 Å². The van der Waals surface area contributed by atoms with Crippen LogP contribution in [-0.2, 0) is 16.1 Å². The van der Waals surface area contributed by atoms with E-state index in [0.29, 0.717) is 25.1 Å². The fourth-order valence-electron chi connectivity index (χ4n) is 3.57. The van der Waals surface area contributed by atoms with E-state index in [1.165, 1.54) is 7.11 Å². The number of nitrogens with one attached hydrogen (secondary N) is 1. The molecule has 3 rings (SSSR count). The second-order valence-electron chi connectivity index (χ2n) is 6.97. The highest BCUT2D eigenvalue weighted by Gasteiger charge is 2.30. The summed E-state index contributed by atoms with van der Waals surface area (Å²) < 4.78 is 15.5. The minimum absolute atomic E-state index is 0.0969. The van der Waals surface area contributed by atoms with E-state index < -0.39 is 6.09 Å². The minimum atomic E-state index is -0.518. The predicted molar refractivity (Wildman–Crippen MR) is 110 cm³/mol. The van der Waals surface area contributed by atoms with Gasteiger partial charge in [-0.2, -0.15) is 0 Å². The van der Waals surface area contributed by atoms with Crippen molar-refractivity contribution < 1.29 is 23.8 Å². The Labute approximate surface area is 170 Å². The lowest BCUT2D eigenvalue weighted by atomic mass is 9.95. The van der Waals surface area contributed by atoms with Gasteiger partial charge in [0.15, 0.2) is 0 Å². The highest BCUT2D eigenvalue weighted by atomic mass is 16.6. The number of likely N-dealkylation sites (N-methyl/N-ethyl adjacent to an activating group) is 1. The Bertz CT molecular complexity index is 866.